The fourth-order valence-corrected chi connectivity index (χ4v) is 3.52. The van der Waals surface area contributed by atoms with E-state index in [9.17, 15) is 0 Å². The topological polar surface area (TPSA) is 59.1 Å². The monoisotopic (exact) mass is 306 g/mol. The third kappa shape index (κ3) is 3.11. The van der Waals surface area contributed by atoms with Crippen LogP contribution in [0, 0.1) is 6.92 Å². The second kappa shape index (κ2) is 6.15. The van der Waals surface area contributed by atoms with Crippen LogP contribution in [0.5, 0.6) is 0 Å². The van der Waals surface area contributed by atoms with Crippen molar-refractivity contribution < 1.29 is 4.74 Å². The van der Waals surface area contributed by atoms with Crippen molar-refractivity contribution >= 4 is 33.3 Å². The number of thiophene rings is 1. The average molecular weight is 306 g/mol. The Morgan fingerprint density at radius 1 is 1.33 bits per heavy atom. The van der Waals surface area contributed by atoms with E-state index in [2.05, 4.69) is 40.5 Å². The van der Waals surface area contributed by atoms with E-state index in [4.69, 9.17) is 4.74 Å². The van der Waals surface area contributed by atoms with Crippen molar-refractivity contribution in [3.63, 3.8) is 0 Å². The first-order valence-electron chi connectivity index (χ1n) is 7.59. The average Bonchev–Trinajstić information content (AvgIpc) is 2.77. The zero-order valence-corrected chi connectivity index (χ0v) is 13.6. The molecule has 5 nitrogen and oxygen atoms in total. The van der Waals surface area contributed by atoms with Crippen LogP contribution in [0.3, 0.4) is 0 Å². The summed E-state index contributed by atoms with van der Waals surface area (Å²) in [7, 11) is 0. The molecule has 6 heteroatoms. The van der Waals surface area contributed by atoms with Crippen molar-refractivity contribution in [3.05, 3.63) is 10.9 Å². The molecule has 0 saturated heterocycles. The standard InChI is InChI=1S/C15H22N4OS/c1-4-16-15-18-13(12-6-9(3)21-14(12)19-15)17-10-7-11(8-10)20-5-2/h6,10-11H,4-5,7-8H2,1-3H3,(H2,16,17,18,19). The third-order valence-electron chi connectivity index (χ3n) is 3.69. The van der Waals surface area contributed by atoms with E-state index >= 15 is 0 Å². The molecule has 0 amide bonds. The normalized spacial score (nSPS) is 21.3. The second-order valence-corrected chi connectivity index (χ2v) is 6.63. The van der Waals surface area contributed by atoms with Gasteiger partial charge in [-0.3, -0.25) is 0 Å². The molecule has 114 valence electrons. The lowest BCUT2D eigenvalue weighted by Gasteiger charge is -2.35. The predicted molar refractivity (Wildman–Crippen MR) is 88.4 cm³/mol. The quantitative estimate of drug-likeness (QED) is 0.856. The molecule has 0 spiro atoms. The molecular formula is C15H22N4OS. The van der Waals surface area contributed by atoms with Crippen molar-refractivity contribution in [1.82, 2.24) is 9.97 Å². The van der Waals surface area contributed by atoms with Gasteiger partial charge in [0.15, 0.2) is 0 Å². The van der Waals surface area contributed by atoms with Crippen LogP contribution in [0.1, 0.15) is 31.6 Å². The highest BCUT2D eigenvalue weighted by Gasteiger charge is 2.30. The highest BCUT2D eigenvalue weighted by molar-refractivity contribution is 7.18. The summed E-state index contributed by atoms with van der Waals surface area (Å²) in [4.78, 5) is 11.5. The number of anilines is 2. The summed E-state index contributed by atoms with van der Waals surface area (Å²) in [5.74, 6) is 1.65. The van der Waals surface area contributed by atoms with E-state index < -0.39 is 0 Å². The van der Waals surface area contributed by atoms with Gasteiger partial charge in [-0.15, -0.1) is 11.3 Å². The van der Waals surface area contributed by atoms with Crippen LogP contribution in [0.15, 0.2) is 6.07 Å². The molecule has 2 aromatic heterocycles. The minimum atomic E-state index is 0.405. The fourth-order valence-electron chi connectivity index (χ4n) is 2.64. The summed E-state index contributed by atoms with van der Waals surface area (Å²) in [6.07, 6.45) is 2.51. The molecule has 0 bridgehead atoms. The van der Waals surface area contributed by atoms with Gasteiger partial charge in [0, 0.05) is 24.1 Å². The summed E-state index contributed by atoms with van der Waals surface area (Å²) in [5.41, 5.74) is 0. The predicted octanol–water partition coefficient (Wildman–Crippen LogP) is 3.41. The van der Waals surface area contributed by atoms with Gasteiger partial charge in [0.25, 0.3) is 0 Å². The first-order valence-corrected chi connectivity index (χ1v) is 8.41. The number of ether oxygens (including phenoxy) is 1. The highest BCUT2D eigenvalue weighted by Crippen LogP contribution is 2.33. The zero-order valence-electron chi connectivity index (χ0n) is 12.8. The first-order chi connectivity index (χ1) is 10.2. The van der Waals surface area contributed by atoms with Gasteiger partial charge in [0.05, 0.1) is 11.5 Å². The Morgan fingerprint density at radius 3 is 2.86 bits per heavy atom. The van der Waals surface area contributed by atoms with Gasteiger partial charge >= 0.3 is 0 Å². The molecule has 1 aliphatic carbocycles. The SMILES string of the molecule is CCNc1nc(NC2CC(OCC)C2)c2cc(C)sc2n1. The number of hydrogen-bond donors (Lipinski definition) is 2. The Bertz CT molecular complexity index is 621. The van der Waals surface area contributed by atoms with Crippen LogP contribution >= 0.6 is 11.3 Å². The van der Waals surface area contributed by atoms with E-state index in [1.807, 2.05) is 6.92 Å². The maximum atomic E-state index is 5.62. The lowest BCUT2D eigenvalue weighted by atomic mass is 9.89. The molecule has 0 atom stereocenters. The Labute approximate surface area is 129 Å². The second-order valence-electron chi connectivity index (χ2n) is 5.39. The van der Waals surface area contributed by atoms with E-state index in [0.717, 1.165) is 42.0 Å². The Morgan fingerprint density at radius 2 is 2.14 bits per heavy atom. The Hall–Kier alpha value is -1.40. The Balaban J connectivity index is 1.80. The molecule has 1 aliphatic rings. The molecular weight excluding hydrogens is 284 g/mol. The lowest BCUT2D eigenvalue weighted by Crippen LogP contribution is -2.41. The number of fused-ring (bicyclic) bond motifs is 1. The number of nitrogens with one attached hydrogen (secondary N) is 2. The van der Waals surface area contributed by atoms with Crippen LogP contribution < -0.4 is 10.6 Å². The number of aryl methyl sites for hydroxylation is 1. The smallest absolute Gasteiger partial charge is 0.226 e. The van der Waals surface area contributed by atoms with Crippen molar-refractivity contribution in [2.45, 2.75) is 45.8 Å². The number of hydrogen-bond acceptors (Lipinski definition) is 6. The van der Waals surface area contributed by atoms with Crippen LogP contribution in [-0.2, 0) is 4.74 Å². The van der Waals surface area contributed by atoms with Crippen LogP contribution in [-0.4, -0.2) is 35.3 Å². The zero-order chi connectivity index (χ0) is 14.8. The van der Waals surface area contributed by atoms with Crippen LogP contribution in [0.4, 0.5) is 11.8 Å². The maximum Gasteiger partial charge on any atom is 0.226 e. The first kappa shape index (κ1) is 14.5. The minimum absolute atomic E-state index is 0.405. The molecule has 0 radical (unpaired) electrons. The van der Waals surface area contributed by atoms with Crippen molar-refractivity contribution in [1.29, 1.82) is 0 Å². The Kier molecular flexibility index (Phi) is 4.26. The molecule has 21 heavy (non-hydrogen) atoms. The summed E-state index contributed by atoms with van der Waals surface area (Å²) >= 11 is 1.71. The molecule has 2 aromatic rings. The van der Waals surface area contributed by atoms with Gasteiger partial charge in [0.2, 0.25) is 5.95 Å². The van der Waals surface area contributed by atoms with E-state index in [-0.39, 0.29) is 0 Å². The van der Waals surface area contributed by atoms with Crippen molar-refractivity contribution in [2.24, 2.45) is 0 Å². The molecule has 0 aromatic carbocycles. The largest absolute Gasteiger partial charge is 0.378 e. The molecule has 2 heterocycles. The van der Waals surface area contributed by atoms with Gasteiger partial charge < -0.3 is 15.4 Å². The molecule has 0 aliphatic heterocycles. The molecule has 2 N–H and O–H groups in total. The van der Waals surface area contributed by atoms with Gasteiger partial charge in [0.1, 0.15) is 10.6 Å². The summed E-state index contributed by atoms with van der Waals surface area (Å²) in [6, 6.07) is 2.62. The summed E-state index contributed by atoms with van der Waals surface area (Å²) < 4.78 is 5.62. The van der Waals surface area contributed by atoms with Crippen LogP contribution in [0.2, 0.25) is 0 Å². The van der Waals surface area contributed by atoms with Gasteiger partial charge in [-0.05, 0) is 39.7 Å². The lowest BCUT2D eigenvalue weighted by molar-refractivity contribution is 0.00295. The summed E-state index contributed by atoms with van der Waals surface area (Å²) in [6.45, 7) is 7.83. The maximum absolute atomic E-state index is 5.62. The van der Waals surface area contributed by atoms with E-state index in [1.54, 1.807) is 11.3 Å². The van der Waals surface area contributed by atoms with Crippen molar-refractivity contribution in [2.75, 3.05) is 23.8 Å². The van der Waals surface area contributed by atoms with Gasteiger partial charge in [-0.1, -0.05) is 0 Å². The van der Waals surface area contributed by atoms with Gasteiger partial charge in [-0.25, -0.2) is 4.98 Å². The molecule has 3 rings (SSSR count). The molecule has 0 unspecified atom stereocenters. The number of aromatic nitrogens is 2. The van der Waals surface area contributed by atoms with Crippen LogP contribution in [0.25, 0.3) is 10.2 Å². The number of nitrogens with zero attached hydrogens (tertiary/aromatic N) is 2. The van der Waals surface area contributed by atoms with Crippen molar-refractivity contribution in [3.8, 4) is 0 Å². The highest BCUT2D eigenvalue weighted by atomic mass is 32.1. The molecule has 1 saturated carbocycles. The van der Waals surface area contributed by atoms with Gasteiger partial charge in [-0.2, -0.15) is 4.98 Å². The fraction of sp³-hybridized carbons (Fsp3) is 0.600. The number of rotatable bonds is 6. The van der Waals surface area contributed by atoms with E-state index in [1.165, 1.54) is 4.88 Å². The third-order valence-corrected chi connectivity index (χ3v) is 4.63. The summed E-state index contributed by atoms with van der Waals surface area (Å²) in [5, 5.41) is 7.89. The molecule has 1 fully saturated rings. The van der Waals surface area contributed by atoms with E-state index in [0.29, 0.717) is 18.1 Å². The minimum Gasteiger partial charge on any atom is -0.378 e.